The first kappa shape index (κ1) is 14.8. The fourth-order valence-electron chi connectivity index (χ4n) is 2.59. The van der Waals surface area contributed by atoms with Gasteiger partial charge in [-0.1, -0.05) is 20.8 Å². The van der Waals surface area contributed by atoms with Crippen molar-refractivity contribution in [3.8, 4) is 0 Å². The summed E-state index contributed by atoms with van der Waals surface area (Å²) in [6, 6.07) is -1.01. The third kappa shape index (κ3) is 4.20. The van der Waals surface area contributed by atoms with E-state index in [9.17, 15) is 9.59 Å². The smallest absolute Gasteiger partial charge is 0.326 e. The summed E-state index contributed by atoms with van der Waals surface area (Å²) in [5.74, 6) is 0.172. The zero-order valence-electron chi connectivity index (χ0n) is 11.4. The lowest BCUT2D eigenvalue weighted by Gasteiger charge is -2.33. The first-order chi connectivity index (χ1) is 8.43. The van der Waals surface area contributed by atoms with E-state index in [0.29, 0.717) is 18.3 Å². The van der Waals surface area contributed by atoms with Gasteiger partial charge in [0, 0.05) is 6.04 Å². The van der Waals surface area contributed by atoms with Crippen LogP contribution in [0.4, 0.5) is 4.79 Å². The number of nitrogens with one attached hydrogen (secondary N) is 2. The van der Waals surface area contributed by atoms with Crippen molar-refractivity contribution in [3.63, 3.8) is 0 Å². The maximum atomic E-state index is 11.7. The summed E-state index contributed by atoms with van der Waals surface area (Å²) >= 11 is 0. The van der Waals surface area contributed by atoms with Gasteiger partial charge in [-0.2, -0.15) is 0 Å². The molecule has 1 fully saturated rings. The van der Waals surface area contributed by atoms with Crippen LogP contribution in [0.2, 0.25) is 0 Å². The third-order valence-electron chi connectivity index (χ3n) is 3.76. The van der Waals surface area contributed by atoms with Crippen molar-refractivity contribution in [1.82, 2.24) is 10.6 Å². The molecule has 1 aliphatic carbocycles. The fraction of sp³-hybridized carbons (Fsp3) is 0.846. The van der Waals surface area contributed by atoms with E-state index >= 15 is 0 Å². The Kier molecular flexibility index (Phi) is 5.44. The van der Waals surface area contributed by atoms with Crippen molar-refractivity contribution < 1.29 is 14.7 Å². The lowest BCUT2D eigenvalue weighted by atomic mass is 9.80. The molecule has 0 saturated heterocycles. The van der Waals surface area contributed by atoms with Gasteiger partial charge in [-0.3, -0.25) is 0 Å². The van der Waals surface area contributed by atoms with Crippen molar-refractivity contribution in [2.24, 2.45) is 11.8 Å². The largest absolute Gasteiger partial charge is 0.480 e. The molecule has 1 rings (SSSR count). The Morgan fingerprint density at radius 2 is 2.00 bits per heavy atom. The molecule has 18 heavy (non-hydrogen) atoms. The summed E-state index contributed by atoms with van der Waals surface area (Å²) in [6.45, 7) is 6.10. The van der Waals surface area contributed by atoms with Gasteiger partial charge in [0.15, 0.2) is 0 Å². The normalized spacial score (nSPS) is 29.4. The second-order valence-electron chi connectivity index (χ2n) is 5.42. The van der Waals surface area contributed by atoms with E-state index in [4.69, 9.17) is 5.11 Å². The van der Waals surface area contributed by atoms with E-state index < -0.39 is 12.0 Å². The molecule has 104 valence electrons. The number of hydrogen-bond donors (Lipinski definition) is 3. The molecule has 3 unspecified atom stereocenters. The molecule has 1 saturated carbocycles. The zero-order chi connectivity index (χ0) is 13.7. The van der Waals surface area contributed by atoms with Crippen LogP contribution in [0.25, 0.3) is 0 Å². The second-order valence-corrected chi connectivity index (χ2v) is 5.42. The maximum absolute atomic E-state index is 11.7. The predicted octanol–water partition coefficient (Wildman–Crippen LogP) is 1.97. The molecule has 0 aromatic heterocycles. The van der Waals surface area contributed by atoms with Crippen LogP contribution < -0.4 is 10.6 Å². The zero-order valence-corrected chi connectivity index (χ0v) is 11.4. The fourth-order valence-corrected chi connectivity index (χ4v) is 2.59. The molecule has 1 aliphatic rings. The van der Waals surface area contributed by atoms with Crippen molar-refractivity contribution in [3.05, 3.63) is 0 Å². The van der Waals surface area contributed by atoms with Crippen LogP contribution in [-0.4, -0.2) is 29.2 Å². The van der Waals surface area contributed by atoms with E-state index in [2.05, 4.69) is 24.5 Å². The first-order valence-electron chi connectivity index (χ1n) is 6.73. The van der Waals surface area contributed by atoms with Gasteiger partial charge in [0.2, 0.25) is 0 Å². The molecule has 0 heterocycles. The van der Waals surface area contributed by atoms with Gasteiger partial charge in [0.05, 0.1) is 0 Å². The van der Waals surface area contributed by atoms with E-state index in [0.717, 1.165) is 19.3 Å². The first-order valence-corrected chi connectivity index (χ1v) is 6.73. The summed E-state index contributed by atoms with van der Waals surface area (Å²) in [5.41, 5.74) is 0. The van der Waals surface area contributed by atoms with Crippen molar-refractivity contribution >= 4 is 12.0 Å². The molecule has 0 spiro atoms. The number of hydrogen-bond acceptors (Lipinski definition) is 2. The molecule has 5 nitrogen and oxygen atoms in total. The number of carbonyl (C=O) groups is 2. The summed E-state index contributed by atoms with van der Waals surface area (Å²) < 4.78 is 0. The van der Waals surface area contributed by atoms with Crippen molar-refractivity contribution in [2.45, 2.75) is 58.5 Å². The van der Waals surface area contributed by atoms with Gasteiger partial charge in [-0.25, -0.2) is 9.59 Å². The molecule has 0 aromatic carbocycles. The molecule has 2 amide bonds. The number of carboxylic acids is 1. The molecule has 3 N–H and O–H groups in total. The molecular formula is C13H24N2O3. The number of carboxylic acid groups (broad SMARTS) is 1. The molecule has 0 radical (unpaired) electrons. The minimum absolute atomic E-state index is 0.160. The SMILES string of the molecule is CC[C@@H](NC(=O)NC1CCC(C)CC1C)C(=O)O. The summed E-state index contributed by atoms with van der Waals surface area (Å²) in [6.07, 6.45) is 3.59. The van der Waals surface area contributed by atoms with Crippen LogP contribution in [-0.2, 0) is 4.79 Å². The Balaban J connectivity index is 2.42. The van der Waals surface area contributed by atoms with Gasteiger partial charge < -0.3 is 15.7 Å². The van der Waals surface area contributed by atoms with E-state index in [1.165, 1.54) is 0 Å². The van der Waals surface area contributed by atoms with Gasteiger partial charge in [0.1, 0.15) is 6.04 Å². The van der Waals surface area contributed by atoms with Crippen LogP contribution in [0, 0.1) is 11.8 Å². The van der Waals surface area contributed by atoms with Crippen LogP contribution in [0.1, 0.15) is 46.5 Å². The second kappa shape index (κ2) is 6.61. The van der Waals surface area contributed by atoms with E-state index in [-0.39, 0.29) is 12.1 Å². The maximum Gasteiger partial charge on any atom is 0.326 e. The molecule has 0 aromatic rings. The van der Waals surface area contributed by atoms with Crippen molar-refractivity contribution in [2.75, 3.05) is 0 Å². The quantitative estimate of drug-likeness (QED) is 0.719. The highest BCUT2D eigenvalue weighted by Gasteiger charge is 2.27. The van der Waals surface area contributed by atoms with Crippen LogP contribution in [0.5, 0.6) is 0 Å². The average Bonchev–Trinajstić information content (AvgIpc) is 2.29. The minimum Gasteiger partial charge on any atom is -0.480 e. The Morgan fingerprint density at radius 3 is 2.50 bits per heavy atom. The average molecular weight is 256 g/mol. The molecular weight excluding hydrogens is 232 g/mol. The highest BCUT2D eigenvalue weighted by Crippen LogP contribution is 2.28. The Bertz CT molecular complexity index is 307. The standard InChI is InChI=1S/C13H24N2O3/c1-4-10(12(16)17)14-13(18)15-11-6-5-8(2)7-9(11)3/h8-11H,4-7H2,1-3H3,(H,16,17)(H2,14,15,18)/t8?,9?,10-,11?/m1/s1. The monoisotopic (exact) mass is 256 g/mol. The Labute approximate surface area is 108 Å². The van der Waals surface area contributed by atoms with Gasteiger partial charge in [0.25, 0.3) is 0 Å². The summed E-state index contributed by atoms with van der Waals surface area (Å²) in [7, 11) is 0. The highest BCUT2D eigenvalue weighted by atomic mass is 16.4. The molecule has 0 aliphatic heterocycles. The predicted molar refractivity (Wildman–Crippen MR) is 69.3 cm³/mol. The molecule has 4 atom stereocenters. The summed E-state index contributed by atoms with van der Waals surface area (Å²) in [5, 5.41) is 14.3. The lowest BCUT2D eigenvalue weighted by Crippen LogP contribution is -2.51. The van der Waals surface area contributed by atoms with Crippen LogP contribution in [0.15, 0.2) is 0 Å². The number of rotatable bonds is 4. The lowest BCUT2D eigenvalue weighted by molar-refractivity contribution is -0.139. The van der Waals surface area contributed by atoms with Crippen LogP contribution >= 0.6 is 0 Å². The van der Waals surface area contributed by atoms with E-state index in [1.807, 2.05) is 0 Å². The Hall–Kier alpha value is -1.26. The Morgan fingerprint density at radius 1 is 1.33 bits per heavy atom. The number of carbonyl (C=O) groups excluding carboxylic acids is 1. The van der Waals surface area contributed by atoms with Crippen molar-refractivity contribution in [1.29, 1.82) is 0 Å². The number of aliphatic carboxylic acids is 1. The molecule has 5 heteroatoms. The number of urea groups is 1. The van der Waals surface area contributed by atoms with Gasteiger partial charge >= 0.3 is 12.0 Å². The molecule has 0 bridgehead atoms. The number of amides is 2. The van der Waals surface area contributed by atoms with E-state index in [1.54, 1.807) is 6.92 Å². The topological polar surface area (TPSA) is 78.4 Å². The summed E-state index contributed by atoms with van der Waals surface area (Å²) in [4.78, 5) is 22.5. The van der Waals surface area contributed by atoms with Gasteiger partial charge in [-0.05, 0) is 37.5 Å². The highest BCUT2D eigenvalue weighted by molar-refractivity contribution is 5.82. The van der Waals surface area contributed by atoms with Crippen LogP contribution in [0.3, 0.4) is 0 Å². The van der Waals surface area contributed by atoms with Gasteiger partial charge in [-0.15, -0.1) is 0 Å². The third-order valence-corrected chi connectivity index (χ3v) is 3.76. The minimum atomic E-state index is -0.988.